The van der Waals surface area contributed by atoms with Crippen LogP contribution >= 0.6 is 0 Å². The zero-order valence-corrected chi connectivity index (χ0v) is 21.1. The van der Waals surface area contributed by atoms with Crippen molar-refractivity contribution in [1.29, 1.82) is 0 Å². The lowest BCUT2D eigenvalue weighted by molar-refractivity contribution is -0.139. The number of rotatable bonds is 7. The van der Waals surface area contributed by atoms with Crippen molar-refractivity contribution in [3.8, 4) is 16.9 Å². The van der Waals surface area contributed by atoms with Gasteiger partial charge in [-0.3, -0.25) is 0 Å². The van der Waals surface area contributed by atoms with Crippen molar-refractivity contribution in [1.82, 2.24) is 14.9 Å². The maximum Gasteiger partial charge on any atom is 0.407 e. The number of carboxylic acid groups (broad SMARTS) is 1. The van der Waals surface area contributed by atoms with Crippen molar-refractivity contribution in [2.24, 2.45) is 0 Å². The fraction of sp³-hybridized carbons (Fsp3) is 0.233. The molecule has 1 aliphatic rings. The van der Waals surface area contributed by atoms with Crippen LogP contribution in [0.15, 0.2) is 72.9 Å². The lowest BCUT2D eigenvalue weighted by Crippen LogP contribution is -2.43. The molecule has 1 atom stereocenters. The topological polar surface area (TPSA) is 93.5 Å². The lowest BCUT2D eigenvalue weighted by Gasteiger charge is -2.18. The Morgan fingerprint density at radius 2 is 1.65 bits per heavy atom. The third-order valence-electron chi connectivity index (χ3n) is 7.02. The van der Waals surface area contributed by atoms with Crippen LogP contribution in [0, 0.1) is 20.8 Å². The molecule has 2 aromatic heterocycles. The summed E-state index contributed by atoms with van der Waals surface area (Å²) in [5.41, 5.74) is 8.20. The molecule has 0 fully saturated rings. The Hall–Kier alpha value is -4.39. The molecular formula is C30H29N3O4. The zero-order valence-electron chi connectivity index (χ0n) is 21.1. The van der Waals surface area contributed by atoms with E-state index in [1.807, 2.05) is 79.9 Å². The van der Waals surface area contributed by atoms with Gasteiger partial charge in [0.2, 0.25) is 0 Å². The highest BCUT2D eigenvalue weighted by Crippen LogP contribution is 2.44. The first kappa shape index (κ1) is 24.3. The van der Waals surface area contributed by atoms with Gasteiger partial charge in [-0.05, 0) is 72.4 Å². The minimum absolute atomic E-state index is 0.0952. The van der Waals surface area contributed by atoms with E-state index in [9.17, 15) is 14.7 Å². The van der Waals surface area contributed by atoms with Crippen LogP contribution in [0.25, 0.3) is 16.9 Å². The molecule has 2 heterocycles. The summed E-state index contributed by atoms with van der Waals surface area (Å²) in [4.78, 5) is 29.2. The summed E-state index contributed by atoms with van der Waals surface area (Å²) in [7, 11) is 0. The predicted molar refractivity (Wildman–Crippen MR) is 141 cm³/mol. The van der Waals surface area contributed by atoms with Gasteiger partial charge >= 0.3 is 12.1 Å². The highest BCUT2D eigenvalue weighted by Gasteiger charge is 2.30. The average Bonchev–Trinajstić information content (AvgIpc) is 3.35. The molecule has 5 rings (SSSR count). The third kappa shape index (κ3) is 4.72. The van der Waals surface area contributed by atoms with Crippen LogP contribution in [0.3, 0.4) is 0 Å². The lowest BCUT2D eigenvalue weighted by atomic mass is 9.98. The van der Waals surface area contributed by atoms with Crippen molar-refractivity contribution in [3.05, 3.63) is 107 Å². The van der Waals surface area contributed by atoms with Crippen molar-refractivity contribution in [3.63, 3.8) is 0 Å². The van der Waals surface area contributed by atoms with Crippen molar-refractivity contribution >= 4 is 12.1 Å². The third-order valence-corrected chi connectivity index (χ3v) is 7.02. The van der Waals surface area contributed by atoms with E-state index in [0.717, 1.165) is 50.6 Å². The number of aromatic nitrogens is 2. The highest BCUT2D eigenvalue weighted by molar-refractivity contribution is 5.81. The van der Waals surface area contributed by atoms with Gasteiger partial charge in [-0.25, -0.2) is 14.6 Å². The van der Waals surface area contributed by atoms with E-state index in [-0.39, 0.29) is 18.9 Å². The fourth-order valence-corrected chi connectivity index (χ4v) is 5.23. The summed E-state index contributed by atoms with van der Waals surface area (Å²) in [6, 6.07) is 20.9. The van der Waals surface area contributed by atoms with E-state index in [0.29, 0.717) is 0 Å². The molecule has 4 aromatic rings. The normalized spacial score (nSPS) is 13.1. The van der Waals surface area contributed by atoms with Gasteiger partial charge in [0, 0.05) is 29.9 Å². The average molecular weight is 496 g/mol. The van der Waals surface area contributed by atoms with Gasteiger partial charge in [-0.2, -0.15) is 0 Å². The number of benzene rings is 2. The minimum atomic E-state index is -1.13. The summed E-state index contributed by atoms with van der Waals surface area (Å²) >= 11 is 0. The Balaban J connectivity index is 1.29. The van der Waals surface area contributed by atoms with E-state index < -0.39 is 18.1 Å². The molecule has 0 saturated carbocycles. The van der Waals surface area contributed by atoms with Crippen LogP contribution in [-0.4, -0.2) is 39.4 Å². The largest absolute Gasteiger partial charge is 0.480 e. The number of nitrogens with zero attached hydrogens (tertiary/aromatic N) is 2. The molecule has 1 unspecified atom stereocenters. The Bertz CT molecular complexity index is 1440. The number of amides is 1. The van der Waals surface area contributed by atoms with Gasteiger partial charge < -0.3 is 19.7 Å². The zero-order chi connectivity index (χ0) is 26.1. The number of aliphatic carboxylic acids is 1. The molecule has 1 aliphatic carbocycles. The molecule has 188 valence electrons. The first-order valence-corrected chi connectivity index (χ1v) is 12.3. The monoisotopic (exact) mass is 495 g/mol. The first-order chi connectivity index (χ1) is 17.8. The Morgan fingerprint density at radius 1 is 1.00 bits per heavy atom. The smallest absolute Gasteiger partial charge is 0.407 e. The van der Waals surface area contributed by atoms with E-state index in [4.69, 9.17) is 4.74 Å². The number of pyridine rings is 1. The summed E-state index contributed by atoms with van der Waals surface area (Å²) in [6.07, 6.45) is 1.14. The van der Waals surface area contributed by atoms with Gasteiger partial charge in [0.15, 0.2) is 0 Å². The van der Waals surface area contributed by atoms with Crippen molar-refractivity contribution < 1.29 is 19.4 Å². The minimum Gasteiger partial charge on any atom is -0.480 e. The number of ether oxygens (including phenoxy) is 1. The van der Waals surface area contributed by atoms with Crippen molar-refractivity contribution in [2.45, 2.75) is 39.2 Å². The Labute approximate surface area is 215 Å². The summed E-state index contributed by atoms with van der Waals surface area (Å²) < 4.78 is 7.57. The summed E-state index contributed by atoms with van der Waals surface area (Å²) in [6.45, 7) is 6.01. The number of nitrogens with one attached hydrogen (secondary N) is 1. The van der Waals surface area contributed by atoms with Gasteiger partial charge in [0.25, 0.3) is 0 Å². The van der Waals surface area contributed by atoms with Gasteiger partial charge in [0.1, 0.15) is 18.5 Å². The molecule has 1 amide bonds. The number of aryl methyl sites for hydroxylation is 2. The number of hydrogen-bond acceptors (Lipinski definition) is 4. The van der Waals surface area contributed by atoms with Gasteiger partial charge in [-0.15, -0.1) is 0 Å². The van der Waals surface area contributed by atoms with Gasteiger partial charge in [-0.1, -0.05) is 48.5 Å². The summed E-state index contributed by atoms with van der Waals surface area (Å²) in [5, 5.41) is 12.4. The van der Waals surface area contributed by atoms with E-state index in [1.165, 1.54) is 0 Å². The second-order valence-electron chi connectivity index (χ2n) is 9.49. The van der Waals surface area contributed by atoms with Crippen LogP contribution in [0.4, 0.5) is 4.79 Å². The quantitative estimate of drug-likeness (QED) is 0.361. The van der Waals surface area contributed by atoms with E-state index >= 15 is 0 Å². The highest BCUT2D eigenvalue weighted by atomic mass is 16.5. The molecule has 0 bridgehead atoms. The van der Waals surface area contributed by atoms with Crippen molar-refractivity contribution in [2.75, 3.05) is 6.61 Å². The number of fused-ring (bicyclic) bond motifs is 3. The van der Waals surface area contributed by atoms with Crippen LogP contribution in [0.5, 0.6) is 0 Å². The predicted octanol–water partition coefficient (Wildman–Crippen LogP) is 5.33. The fourth-order valence-electron chi connectivity index (χ4n) is 5.23. The number of carbonyl (C=O) groups is 2. The molecular weight excluding hydrogens is 466 g/mol. The number of hydrogen-bond donors (Lipinski definition) is 2. The molecule has 7 heteroatoms. The number of carbonyl (C=O) groups excluding carboxylic acids is 1. The van der Waals surface area contributed by atoms with Crippen LogP contribution in [0.2, 0.25) is 0 Å². The van der Waals surface area contributed by atoms with E-state index in [2.05, 4.69) is 22.4 Å². The Morgan fingerprint density at radius 3 is 2.27 bits per heavy atom. The van der Waals surface area contributed by atoms with E-state index in [1.54, 1.807) is 6.20 Å². The molecule has 0 spiro atoms. The molecule has 0 radical (unpaired) electrons. The Kier molecular flexibility index (Phi) is 6.53. The standard InChI is InChI=1S/C30H29N3O4/c1-18-12-13-31-28(14-18)33-19(2)15-21(20(33)3)16-27(29(34)35)32-30(36)37-17-26-24-10-6-4-8-22(24)23-9-5-7-11-25(23)26/h4-15,26-27H,16-17H2,1-3H3,(H,32,36)(H,34,35). The van der Waals surface area contributed by atoms with Crippen LogP contribution < -0.4 is 5.32 Å². The first-order valence-electron chi connectivity index (χ1n) is 12.3. The second kappa shape index (κ2) is 9.93. The molecule has 0 saturated heterocycles. The van der Waals surface area contributed by atoms with Gasteiger partial charge in [0.05, 0.1) is 0 Å². The number of alkyl carbamates (subject to hydrolysis) is 1. The summed E-state index contributed by atoms with van der Waals surface area (Å²) in [5.74, 6) is -0.438. The molecule has 7 nitrogen and oxygen atoms in total. The number of carboxylic acids is 1. The molecule has 2 aromatic carbocycles. The maximum atomic E-state index is 12.7. The maximum absolute atomic E-state index is 12.7. The van der Waals surface area contributed by atoms with Crippen LogP contribution in [0.1, 0.15) is 39.6 Å². The molecule has 0 aliphatic heterocycles. The molecule has 37 heavy (non-hydrogen) atoms. The van der Waals surface area contributed by atoms with Crippen LogP contribution in [-0.2, 0) is 16.0 Å². The molecule has 2 N–H and O–H groups in total. The SMILES string of the molecule is Cc1ccnc(-n2c(C)cc(CC(NC(=O)OCC3c4ccccc4-c4ccccc43)C(=O)O)c2C)c1. The second-order valence-corrected chi connectivity index (χ2v) is 9.49.